The highest BCUT2D eigenvalue weighted by molar-refractivity contribution is 8.16. The van der Waals surface area contributed by atoms with E-state index in [4.69, 9.17) is 9.73 Å². The van der Waals surface area contributed by atoms with Gasteiger partial charge in [-0.25, -0.2) is 9.79 Å². The van der Waals surface area contributed by atoms with Crippen LogP contribution in [-0.4, -0.2) is 47.0 Å². The van der Waals surface area contributed by atoms with E-state index in [2.05, 4.69) is 18.2 Å². The first kappa shape index (κ1) is 24.8. The number of rotatable bonds is 7. The maximum atomic E-state index is 13.6. The number of carbonyl (C=O) groups is 2. The van der Waals surface area contributed by atoms with Crippen LogP contribution in [0.1, 0.15) is 48.6 Å². The number of hydrogen-bond acceptors (Lipinski definition) is 6. The topological polar surface area (TPSA) is 62.2 Å². The standard InChI is InChI=1S/C28H31N3O3S/c1-6-30(5)23(32)16-21-17-35-28-29-25(20-11-9-8-10-12-20)24(27(33)34-7-2)26(31(21)28)22-15-18(3)13-14-19(22)4/h8-15,17,26H,6-7,16H2,1-5H3/t26-/m1/s1. The van der Waals surface area contributed by atoms with Gasteiger partial charge in [0.1, 0.15) is 0 Å². The van der Waals surface area contributed by atoms with Gasteiger partial charge < -0.3 is 14.5 Å². The molecule has 4 rings (SSSR count). The second-order valence-electron chi connectivity index (χ2n) is 8.69. The summed E-state index contributed by atoms with van der Waals surface area (Å²) < 4.78 is 5.58. The third-order valence-electron chi connectivity index (χ3n) is 6.31. The van der Waals surface area contributed by atoms with Crippen molar-refractivity contribution in [1.29, 1.82) is 0 Å². The molecule has 6 nitrogen and oxygen atoms in total. The minimum absolute atomic E-state index is 0.0239. The number of benzene rings is 2. The number of aliphatic imine (C=N–C) groups is 1. The van der Waals surface area contributed by atoms with Crippen molar-refractivity contribution in [3.63, 3.8) is 0 Å². The van der Waals surface area contributed by atoms with Crippen LogP contribution in [0.5, 0.6) is 0 Å². The Morgan fingerprint density at radius 1 is 1.11 bits per heavy atom. The second kappa shape index (κ2) is 10.5. The van der Waals surface area contributed by atoms with Crippen molar-refractivity contribution in [1.82, 2.24) is 9.80 Å². The molecule has 0 unspecified atom stereocenters. The number of thioether (sulfide) groups is 1. The lowest BCUT2D eigenvalue weighted by molar-refractivity contribution is -0.139. The molecular weight excluding hydrogens is 458 g/mol. The quantitative estimate of drug-likeness (QED) is 0.484. The van der Waals surface area contributed by atoms with E-state index in [9.17, 15) is 9.59 Å². The molecule has 0 saturated carbocycles. The molecule has 0 bridgehead atoms. The average molecular weight is 490 g/mol. The SMILES string of the molecule is CCOC(=O)C1=C(c2ccccc2)N=C2SC=C(CC(=O)N(C)CC)N2[C@@H]1c1cc(C)ccc1C. The Morgan fingerprint density at radius 3 is 2.54 bits per heavy atom. The molecule has 0 spiro atoms. The van der Waals surface area contributed by atoms with Gasteiger partial charge in [-0.15, -0.1) is 0 Å². The summed E-state index contributed by atoms with van der Waals surface area (Å²) in [5, 5.41) is 2.74. The van der Waals surface area contributed by atoms with Gasteiger partial charge in [-0.3, -0.25) is 4.79 Å². The van der Waals surface area contributed by atoms with E-state index < -0.39 is 12.0 Å². The number of amides is 1. The predicted molar refractivity (Wildman–Crippen MR) is 142 cm³/mol. The van der Waals surface area contributed by atoms with Crippen molar-refractivity contribution in [2.75, 3.05) is 20.2 Å². The van der Waals surface area contributed by atoms with Gasteiger partial charge in [-0.1, -0.05) is 65.9 Å². The van der Waals surface area contributed by atoms with Gasteiger partial charge in [0.2, 0.25) is 5.91 Å². The first-order valence-corrected chi connectivity index (χ1v) is 12.7. The van der Waals surface area contributed by atoms with E-state index in [0.717, 1.165) is 33.1 Å². The molecule has 0 aromatic heterocycles. The monoisotopic (exact) mass is 489 g/mol. The Balaban J connectivity index is 1.93. The summed E-state index contributed by atoms with van der Waals surface area (Å²) in [5.41, 5.74) is 5.94. The van der Waals surface area contributed by atoms with Crippen LogP contribution in [0, 0.1) is 13.8 Å². The molecule has 0 N–H and O–H groups in total. The number of nitrogens with zero attached hydrogens (tertiary/aromatic N) is 3. The largest absolute Gasteiger partial charge is 0.463 e. The Morgan fingerprint density at radius 2 is 1.86 bits per heavy atom. The van der Waals surface area contributed by atoms with Gasteiger partial charge in [0.15, 0.2) is 5.17 Å². The fraction of sp³-hybridized carbons (Fsp3) is 0.321. The molecule has 2 aliphatic heterocycles. The zero-order valence-electron chi connectivity index (χ0n) is 20.9. The summed E-state index contributed by atoms with van der Waals surface area (Å²) >= 11 is 1.49. The number of fused-ring (bicyclic) bond motifs is 1. The van der Waals surface area contributed by atoms with E-state index in [0.29, 0.717) is 17.8 Å². The van der Waals surface area contributed by atoms with Crippen LogP contribution in [0.4, 0.5) is 0 Å². The third kappa shape index (κ3) is 4.91. The first-order valence-electron chi connectivity index (χ1n) is 11.9. The molecule has 7 heteroatoms. The van der Waals surface area contributed by atoms with Crippen molar-refractivity contribution in [2.24, 2.45) is 4.99 Å². The van der Waals surface area contributed by atoms with Crippen LogP contribution in [0.3, 0.4) is 0 Å². The fourth-order valence-electron chi connectivity index (χ4n) is 4.30. The van der Waals surface area contributed by atoms with Crippen LogP contribution in [-0.2, 0) is 14.3 Å². The smallest absolute Gasteiger partial charge is 0.338 e. The van der Waals surface area contributed by atoms with Crippen LogP contribution in [0.2, 0.25) is 0 Å². The normalized spacial score (nSPS) is 17.1. The molecule has 2 aromatic carbocycles. The lowest BCUT2D eigenvalue weighted by Gasteiger charge is -2.37. The number of ether oxygens (including phenoxy) is 1. The average Bonchev–Trinajstić information content (AvgIpc) is 3.26. The predicted octanol–water partition coefficient (Wildman–Crippen LogP) is 5.45. The van der Waals surface area contributed by atoms with E-state index in [1.54, 1.807) is 18.9 Å². The number of hydrogen-bond donors (Lipinski definition) is 0. The summed E-state index contributed by atoms with van der Waals surface area (Å²) in [5.74, 6) is -0.371. The minimum atomic E-state index is -0.461. The van der Waals surface area contributed by atoms with Gasteiger partial charge in [-0.2, -0.15) is 0 Å². The highest BCUT2D eigenvalue weighted by atomic mass is 32.2. The first-order chi connectivity index (χ1) is 16.8. The van der Waals surface area contributed by atoms with E-state index in [1.807, 2.05) is 61.4 Å². The number of carbonyl (C=O) groups excluding carboxylic acids is 2. The molecule has 2 aromatic rings. The maximum absolute atomic E-state index is 13.6. The number of aryl methyl sites for hydroxylation is 2. The molecule has 1 amide bonds. The molecule has 182 valence electrons. The van der Waals surface area contributed by atoms with Crippen molar-refractivity contribution in [3.8, 4) is 0 Å². The van der Waals surface area contributed by atoms with Crippen molar-refractivity contribution in [2.45, 2.75) is 40.2 Å². The molecule has 2 heterocycles. The lowest BCUT2D eigenvalue weighted by atomic mass is 9.88. The zero-order chi connectivity index (χ0) is 25.1. The lowest BCUT2D eigenvalue weighted by Crippen LogP contribution is -2.38. The van der Waals surface area contributed by atoms with Crippen molar-refractivity contribution >= 4 is 34.5 Å². The summed E-state index contributed by atoms with van der Waals surface area (Å²) in [4.78, 5) is 35.1. The van der Waals surface area contributed by atoms with Crippen LogP contribution in [0.15, 0.2) is 70.2 Å². The van der Waals surface area contributed by atoms with Crippen LogP contribution in [0.25, 0.3) is 5.70 Å². The van der Waals surface area contributed by atoms with E-state index in [-0.39, 0.29) is 18.9 Å². The number of amidine groups is 1. The Labute approximate surface area is 211 Å². The molecule has 1 atom stereocenters. The maximum Gasteiger partial charge on any atom is 0.338 e. The third-order valence-corrected chi connectivity index (χ3v) is 7.20. The Kier molecular flexibility index (Phi) is 7.45. The molecule has 0 fully saturated rings. The summed E-state index contributed by atoms with van der Waals surface area (Å²) in [7, 11) is 1.80. The summed E-state index contributed by atoms with van der Waals surface area (Å²) in [6.07, 6.45) is 0.231. The van der Waals surface area contributed by atoms with Gasteiger partial charge in [0.25, 0.3) is 0 Å². The summed E-state index contributed by atoms with van der Waals surface area (Å²) in [6, 6.07) is 15.5. The molecule has 0 aliphatic carbocycles. The minimum Gasteiger partial charge on any atom is -0.463 e. The van der Waals surface area contributed by atoms with Gasteiger partial charge >= 0.3 is 5.97 Å². The number of esters is 1. The van der Waals surface area contributed by atoms with E-state index in [1.165, 1.54) is 11.8 Å². The Hall–Kier alpha value is -3.32. The molecule has 0 saturated heterocycles. The zero-order valence-corrected chi connectivity index (χ0v) is 21.7. The fourth-order valence-corrected chi connectivity index (χ4v) is 5.22. The van der Waals surface area contributed by atoms with E-state index >= 15 is 0 Å². The Bertz CT molecular complexity index is 1230. The van der Waals surface area contributed by atoms with Crippen molar-refractivity contribution < 1.29 is 14.3 Å². The second-order valence-corrected chi connectivity index (χ2v) is 9.52. The molecular formula is C28H31N3O3S. The van der Waals surface area contributed by atoms with Crippen LogP contribution < -0.4 is 0 Å². The highest BCUT2D eigenvalue weighted by Crippen LogP contribution is 2.47. The van der Waals surface area contributed by atoms with Gasteiger partial charge in [0.05, 0.1) is 30.3 Å². The van der Waals surface area contributed by atoms with Crippen LogP contribution >= 0.6 is 11.8 Å². The molecule has 35 heavy (non-hydrogen) atoms. The molecule has 0 radical (unpaired) electrons. The van der Waals surface area contributed by atoms with Gasteiger partial charge in [0, 0.05) is 24.9 Å². The highest BCUT2D eigenvalue weighted by Gasteiger charge is 2.43. The van der Waals surface area contributed by atoms with Crippen molar-refractivity contribution in [3.05, 3.63) is 87.5 Å². The molecule has 2 aliphatic rings. The van der Waals surface area contributed by atoms with Gasteiger partial charge in [-0.05, 0) is 44.2 Å². The summed E-state index contributed by atoms with van der Waals surface area (Å²) in [6.45, 7) is 8.75.